The highest BCUT2D eigenvalue weighted by Gasteiger charge is 2.01. The highest BCUT2D eigenvalue weighted by Crippen LogP contribution is 2.24. The van der Waals surface area contributed by atoms with Crippen molar-refractivity contribution in [3.05, 3.63) is 34.8 Å². The van der Waals surface area contributed by atoms with E-state index in [0.717, 1.165) is 15.4 Å². The summed E-state index contributed by atoms with van der Waals surface area (Å²) in [5, 5.41) is 1.09. The Labute approximate surface area is 84.1 Å². The molecule has 2 aromatic rings. The van der Waals surface area contributed by atoms with Gasteiger partial charge in [-0.25, -0.2) is 10.8 Å². The standard InChI is InChI=1S/C9H8BrN3/c10-7-5-6-3-1-2-4-8(6)12-9(7)13-11/h1-5H,11H2,(H,12,13). The second kappa shape index (κ2) is 3.32. The number of halogens is 1. The number of nitrogens with two attached hydrogens (primary N) is 1. The number of nitrogens with one attached hydrogen (secondary N) is 1. The number of hydrogen-bond acceptors (Lipinski definition) is 3. The summed E-state index contributed by atoms with van der Waals surface area (Å²) in [6, 6.07) is 9.86. The van der Waals surface area contributed by atoms with Crippen molar-refractivity contribution in [2.24, 2.45) is 5.84 Å². The fourth-order valence-electron chi connectivity index (χ4n) is 1.19. The third kappa shape index (κ3) is 1.50. The summed E-state index contributed by atoms with van der Waals surface area (Å²) in [6.45, 7) is 0. The van der Waals surface area contributed by atoms with Crippen molar-refractivity contribution in [1.29, 1.82) is 0 Å². The minimum absolute atomic E-state index is 0.652. The first kappa shape index (κ1) is 8.47. The molecule has 1 aromatic heterocycles. The molecule has 0 radical (unpaired) electrons. The van der Waals surface area contributed by atoms with Crippen LogP contribution in [0.25, 0.3) is 10.9 Å². The van der Waals surface area contributed by atoms with Crippen LogP contribution >= 0.6 is 15.9 Å². The molecule has 0 bridgehead atoms. The number of rotatable bonds is 1. The summed E-state index contributed by atoms with van der Waals surface area (Å²) in [4.78, 5) is 4.31. The Kier molecular flexibility index (Phi) is 2.16. The minimum Gasteiger partial charge on any atom is -0.308 e. The molecule has 13 heavy (non-hydrogen) atoms. The third-order valence-electron chi connectivity index (χ3n) is 1.81. The fraction of sp³-hybridized carbons (Fsp3) is 0. The maximum atomic E-state index is 5.30. The van der Waals surface area contributed by atoms with Crippen LogP contribution < -0.4 is 11.3 Å². The predicted molar refractivity (Wildman–Crippen MR) is 57.3 cm³/mol. The molecule has 0 amide bonds. The van der Waals surface area contributed by atoms with Gasteiger partial charge in [-0.15, -0.1) is 0 Å². The van der Waals surface area contributed by atoms with Gasteiger partial charge in [0.2, 0.25) is 0 Å². The second-order valence-corrected chi connectivity index (χ2v) is 3.51. The molecule has 0 saturated heterocycles. The summed E-state index contributed by atoms with van der Waals surface area (Å²) in [7, 11) is 0. The Bertz CT molecular complexity index is 442. The van der Waals surface area contributed by atoms with Gasteiger partial charge in [0.05, 0.1) is 9.99 Å². The average Bonchev–Trinajstić information content (AvgIpc) is 2.17. The Balaban J connectivity index is 2.74. The van der Waals surface area contributed by atoms with E-state index in [9.17, 15) is 0 Å². The van der Waals surface area contributed by atoms with Gasteiger partial charge in [0, 0.05) is 5.39 Å². The summed E-state index contributed by atoms with van der Waals surface area (Å²) < 4.78 is 0.869. The van der Waals surface area contributed by atoms with Gasteiger partial charge in [-0.2, -0.15) is 0 Å². The molecule has 0 unspecified atom stereocenters. The lowest BCUT2D eigenvalue weighted by Gasteiger charge is -2.03. The van der Waals surface area contributed by atoms with Crippen LogP contribution in [0.1, 0.15) is 0 Å². The maximum absolute atomic E-state index is 5.30. The van der Waals surface area contributed by atoms with Crippen LogP contribution in [0, 0.1) is 0 Å². The van der Waals surface area contributed by atoms with Gasteiger partial charge in [-0.05, 0) is 28.1 Å². The molecule has 1 heterocycles. The molecular formula is C9H8BrN3. The quantitative estimate of drug-likeness (QED) is 0.591. The normalized spacial score (nSPS) is 10.3. The third-order valence-corrected chi connectivity index (χ3v) is 2.42. The fourth-order valence-corrected chi connectivity index (χ4v) is 1.64. The molecule has 0 fully saturated rings. The zero-order valence-corrected chi connectivity index (χ0v) is 8.38. The first-order chi connectivity index (χ1) is 6.31. The maximum Gasteiger partial charge on any atom is 0.155 e. The van der Waals surface area contributed by atoms with Gasteiger partial charge in [0.1, 0.15) is 0 Å². The highest BCUT2D eigenvalue weighted by molar-refractivity contribution is 9.10. The van der Waals surface area contributed by atoms with E-state index in [1.165, 1.54) is 0 Å². The van der Waals surface area contributed by atoms with Crippen LogP contribution in [0.4, 0.5) is 5.82 Å². The van der Waals surface area contributed by atoms with Gasteiger partial charge in [-0.3, -0.25) is 0 Å². The summed E-state index contributed by atoms with van der Waals surface area (Å²) in [6.07, 6.45) is 0. The molecule has 0 aliphatic heterocycles. The van der Waals surface area contributed by atoms with Crippen LogP contribution in [-0.2, 0) is 0 Å². The molecule has 0 spiro atoms. The Morgan fingerprint density at radius 2 is 2.08 bits per heavy atom. The Morgan fingerprint density at radius 1 is 1.31 bits per heavy atom. The molecule has 0 atom stereocenters. The Hall–Kier alpha value is -1.13. The summed E-state index contributed by atoms with van der Waals surface area (Å²) in [5.41, 5.74) is 3.46. The van der Waals surface area contributed by atoms with Gasteiger partial charge < -0.3 is 5.43 Å². The van der Waals surface area contributed by atoms with Crippen molar-refractivity contribution < 1.29 is 0 Å². The lowest BCUT2D eigenvalue weighted by molar-refractivity contribution is 1.25. The second-order valence-electron chi connectivity index (χ2n) is 2.66. The van der Waals surface area contributed by atoms with Crippen LogP contribution in [0.15, 0.2) is 34.8 Å². The molecule has 4 heteroatoms. The molecule has 1 aromatic carbocycles. The van der Waals surface area contributed by atoms with Crippen molar-refractivity contribution in [3.8, 4) is 0 Å². The van der Waals surface area contributed by atoms with E-state index < -0.39 is 0 Å². The number of aromatic nitrogens is 1. The number of hydrazine groups is 1. The Morgan fingerprint density at radius 3 is 2.85 bits per heavy atom. The largest absolute Gasteiger partial charge is 0.308 e. The smallest absolute Gasteiger partial charge is 0.155 e. The predicted octanol–water partition coefficient (Wildman–Crippen LogP) is 2.28. The van der Waals surface area contributed by atoms with E-state index in [-0.39, 0.29) is 0 Å². The van der Waals surface area contributed by atoms with Crippen LogP contribution in [-0.4, -0.2) is 4.98 Å². The van der Waals surface area contributed by atoms with E-state index in [1.807, 2.05) is 30.3 Å². The van der Waals surface area contributed by atoms with Gasteiger partial charge in [-0.1, -0.05) is 18.2 Å². The van der Waals surface area contributed by atoms with Gasteiger partial charge in [0.25, 0.3) is 0 Å². The van der Waals surface area contributed by atoms with E-state index in [2.05, 4.69) is 26.3 Å². The minimum atomic E-state index is 0.652. The number of para-hydroxylation sites is 1. The molecule has 2 rings (SSSR count). The number of nitrogen functional groups attached to an aromatic ring is 1. The monoisotopic (exact) mass is 237 g/mol. The van der Waals surface area contributed by atoms with Crippen LogP contribution in [0.5, 0.6) is 0 Å². The molecule has 3 N–H and O–H groups in total. The lowest BCUT2D eigenvalue weighted by Crippen LogP contribution is -2.09. The number of fused-ring (bicyclic) bond motifs is 1. The van der Waals surface area contributed by atoms with Crippen molar-refractivity contribution in [1.82, 2.24) is 4.98 Å². The molecule has 3 nitrogen and oxygen atoms in total. The van der Waals surface area contributed by atoms with Crippen LogP contribution in [0.3, 0.4) is 0 Å². The topological polar surface area (TPSA) is 50.9 Å². The number of benzene rings is 1. The SMILES string of the molecule is NNc1nc2ccccc2cc1Br. The van der Waals surface area contributed by atoms with E-state index in [4.69, 9.17) is 5.84 Å². The summed E-state index contributed by atoms with van der Waals surface area (Å²) >= 11 is 3.37. The first-order valence-electron chi connectivity index (χ1n) is 3.83. The van der Waals surface area contributed by atoms with Crippen LogP contribution in [0.2, 0.25) is 0 Å². The molecule has 0 aliphatic carbocycles. The average molecular weight is 238 g/mol. The molecular weight excluding hydrogens is 230 g/mol. The van der Waals surface area contributed by atoms with E-state index in [1.54, 1.807) is 0 Å². The lowest BCUT2D eigenvalue weighted by atomic mass is 10.2. The number of pyridine rings is 1. The molecule has 0 aliphatic rings. The molecule has 0 saturated carbocycles. The first-order valence-corrected chi connectivity index (χ1v) is 4.62. The summed E-state index contributed by atoms with van der Waals surface area (Å²) in [5.74, 6) is 5.95. The van der Waals surface area contributed by atoms with Crippen molar-refractivity contribution in [2.75, 3.05) is 5.43 Å². The van der Waals surface area contributed by atoms with Crippen molar-refractivity contribution in [2.45, 2.75) is 0 Å². The van der Waals surface area contributed by atoms with Gasteiger partial charge >= 0.3 is 0 Å². The van der Waals surface area contributed by atoms with Crippen molar-refractivity contribution >= 4 is 32.7 Å². The zero-order valence-electron chi connectivity index (χ0n) is 6.79. The van der Waals surface area contributed by atoms with Gasteiger partial charge in [0.15, 0.2) is 5.82 Å². The number of anilines is 1. The molecule has 66 valence electrons. The number of nitrogens with zero attached hydrogens (tertiary/aromatic N) is 1. The highest BCUT2D eigenvalue weighted by atomic mass is 79.9. The van der Waals surface area contributed by atoms with Crippen molar-refractivity contribution in [3.63, 3.8) is 0 Å². The number of hydrogen-bond donors (Lipinski definition) is 2. The zero-order chi connectivity index (χ0) is 9.26. The van der Waals surface area contributed by atoms with E-state index >= 15 is 0 Å². The van der Waals surface area contributed by atoms with E-state index in [0.29, 0.717) is 5.82 Å².